The fraction of sp³-hybridized carbons (Fsp3) is 0.579. The first kappa shape index (κ1) is 19.4. The minimum atomic E-state index is -0.0421. The van der Waals surface area contributed by atoms with Crippen LogP contribution >= 0.6 is 0 Å². The van der Waals surface area contributed by atoms with E-state index in [9.17, 15) is 9.59 Å². The van der Waals surface area contributed by atoms with E-state index in [-0.39, 0.29) is 11.8 Å². The molecular weight excluding hydrogens is 318 g/mol. The third-order valence-electron chi connectivity index (χ3n) is 4.16. The van der Waals surface area contributed by atoms with Crippen LogP contribution in [0, 0.1) is 0 Å². The van der Waals surface area contributed by atoms with Gasteiger partial charge in [-0.1, -0.05) is 13.8 Å². The highest BCUT2D eigenvalue weighted by atomic mass is 16.5. The van der Waals surface area contributed by atoms with Gasteiger partial charge in [-0.2, -0.15) is 0 Å². The average molecular weight is 347 g/mol. The van der Waals surface area contributed by atoms with E-state index in [0.29, 0.717) is 31.0 Å². The van der Waals surface area contributed by atoms with E-state index < -0.39 is 0 Å². The zero-order valence-electron chi connectivity index (χ0n) is 15.3. The number of hydrogen-bond donors (Lipinski definition) is 1. The highest BCUT2D eigenvalue weighted by molar-refractivity contribution is 5.96. The SMILES string of the molecule is CCCN(CCC)C(=O)c1ccc(NC(=O)CN2CCOCC2)cc1. The highest BCUT2D eigenvalue weighted by Crippen LogP contribution is 2.12. The predicted octanol–water partition coefficient (Wildman–Crippen LogP) is 2.22. The van der Waals surface area contributed by atoms with Crippen LogP contribution in [0.1, 0.15) is 37.0 Å². The summed E-state index contributed by atoms with van der Waals surface area (Å²) >= 11 is 0. The molecule has 0 unspecified atom stereocenters. The number of nitrogens with one attached hydrogen (secondary N) is 1. The van der Waals surface area contributed by atoms with Crippen molar-refractivity contribution in [1.29, 1.82) is 0 Å². The summed E-state index contributed by atoms with van der Waals surface area (Å²) in [4.78, 5) is 28.6. The lowest BCUT2D eigenvalue weighted by molar-refractivity contribution is -0.118. The van der Waals surface area contributed by atoms with Gasteiger partial charge in [0.1, 0.15) is 0 Å². The molecule has 0 radical (unpaired) electrons. The van der Waals surface area contributed by atoms with Crippen molar-refractivity contribution in [1.82, 2.24) is 9.80 Å². The molecule has 0 saturated carbocycles. The Bertz CT molecular complexity index is 548. The number of ether oxygens (including phenoxy) is 1. The van der Waals surface area contributed by atoms with E-state index >= 15 is 0 Å². The summed E-state index contributed by atoms with van der Waals surface area (Å²) in [7, 11) is 0. The maximum Gasteiger partial charge on any atom is 0.253 e. The molecule has 2 amide bonds. The van der Waals surface area contributed by atoms with E-state index in [1.54, 1.807) is 24.3 Å². The van der Waals surface area contributed by atoms with Gasteiger partial charge in [-0.25, -0.2) is 0 Å². The van der Waals surface area contributed by atoms with Gasteiger partial charge in [0.2, 0.25) is 5.91 Å². The Morgan fingerprint density at radius 3 is 2.24 bits per heavy atom. The quantitative estimate of drug-likeness (QED) is 0.783. The standard InChI is InChI=1S/C19H29N3O3/c1-3-9-22(10-4-2)19(24)16-5-7-17(8-6-16)20-18(23)15-21-11-13-25-14-12-21/h5-8H,3-4,9-15H2,1-2H3,(H,20,23). The zero-order chi connectivity index (χ0) is 18.1. The Kier molecular flexibility index (Phi) is 7.88. The Labute approximate surface area is 150 Å². The van der Waals surface area contributed by atoms with Crippen molar-refractivity contribution in [3.05, 3.63) is 29.8 Å². The second-order valence-corrected chi connectivity index (χ2v) is 6.31. The van der Waals surface area contributed by atoms with Crippen LogP contribution in [0.5, 0.6) is 0 Å². The normalized spacial score (nSPS) is 15.0. The van der Waals surface area contributed by atoms with Crippen LogP contribution in [-0.2, 0) is 9.53 Å². The van der Waals surface area contributed by atoms with Gasteiger partial charge in [0, 0.05) is 37.4 Å². The molecule has 1 aliphatic heterocycles. The maximum atomic E-state index is 12.5. The molecule has 0 aromatic heterocycles. The van der Waals surface area contributed by atoms with Crippen molar-refractivity contribution in [3.8, 4) is 0 Å². The minimum Gasteiger partial charge on any atom is -0.379 e. The van der Waals surface area contributed by atoms with Crippen molar-refractivity contribution >= 4 is 17.5 Å². The summed E-state index contributed by atoms with van der Waals surface area (Å²) in [6.45, 7) is 8.97. The molecule has 1 fully saturated rings. The number of carbonyl (C=O) groups is 2. The number of rotatable bonds is 8. The molecule has 0 spiro atoms. The van der Waals surface area contributed by atoms with Gasteiger partial charge in [-0.3, -0.25) is 14.5 Å². The van der Waals surface area contributed by atoms with Crippen molar-refractivity contribution in [2.75, 3.05) is 51.3 Å². The molecule has 1 aliphatic rings. The summed E-state index contributed by atoms with van der Waals surface area (Å²) in [5.41, 5.74) is 1.38. The number of morpholine rings is 1. The molecule has 2 rings (SSSR count). The molecule has 0 bridgehead atoms. The zero-order valence-corrected chi connectivity index (χ0v) is 15.3. The Balaban J connectivity index is 1.89. The lowest BCUT2D eigenvalue weighted by Crippen LogP contribution is -2.41. The summed E-state index contributed by atoms with van der Waals surface area (Å²) in [5, 5.41) is 2.89. The largest absolute Gasteiger partial charge is 0.379 e. The molecule has 0 atom stereocenters. The monoisotopic (exact) mass is 347 g/mol. The number of benzene rings is 1. The average Bonchev–Trinajstić information content (AvgIpc) is 2.62. The predicted molar refractivity (Wildman–Crippen MR) is 98.8 cm³/mol. The van der Waals surface area contributed by atoms with E-state index in [4.69, 9.17) is 4.74 Å². The van der Waals surface area contributed by atoms with Gasteiger partial charge in [0.05, 0.1) is 19.8 Å². The molecule has 6 heteroatoms. The van der Waals surface area contributed by atoms with E-state index in [1.165, 1.54) is 0 Å². The summed E-state index contributed by atoms with van der Waals surface area (Å²) in [6, 6.07) is 7.15. The molecule has 1 heterocycles. The Morgan fingerprint density at radius 2 is 1.68 bits per heavy atom. The topological polar surface area (TPSA) is 61.9 Å². The lowest BCUT2D eigenvalue weighted by atomic mass is 10.1. The van der Waals surface area contributed by atoms with E-state index in [2.05, 4.69) is 24.1 Å². The van der Waals surface area contributed by atoms with Crippen LogP contribution in [0.4, 0.5) is 5.69 Å². The van der Waals surface area contributed by atoms with Crippen molar-refractivity contribution < 1.29 is 14.3 Å². The maximum absolute atomic E-state index is 12.5. The third-order valence-corrected chi connectivity index (χ3v) is 4.16. The second-order valence-electron chi connectivity index (χ2n) is 6.31. The molecule has 6 nitrogen and oxygen atoms in total. The summed E-state index contributed by atoms with van der Waals surface area (Å²) in [6.07, 6.45) is 1.89. The van der Waals surface area contributed by atoms with Crippen molar-refractivity contribution in [2.45, 2.75) is 26.7 Å². The van der Waals surface area contributed by atoms with Gasteiger partial charge in [0.25, 0.3) is 5.91 Å². The fourth-order valence-electron chi connectivity index (χ4n) is 2.90. The molecule has 25 heavy (non-hydrogen) atoms. The molecule has 1 aromatic carbocycles. The van der Waals surface area contributed by atoms with Gasteiger partial charge in [-0.05, 0) is 37.1 Å². The highest BCUT2D eigenvalue weighted by Gasteiger charge is 2.16. The van der Waals surface area contributed by atoms with Crippen LogP contribution in [0.2, 0.25) is 0 Å². The second kappa shape index (κ2) is 10.2. The number of anilines is 1. The molecule has 1 aromatic rings. The Morgan fingerprint density at radius 1 is 1.08 bits per heavy atom. The van der Waals surface area contributed by atoms with Gasteiger partial charge >= 0.3 is 0 Å². The van der Waals surface area contributed by atoms with Crippen LogP contribution in [-0.4, -0.2) is 67.6 Å². The molecule has 0 aliphatic carbocycles. The summed E-state index contributed by atoms with van der Waals surface area (Å²) < 4.78 is 5.28. The number of carbonyl (C=O) groups excluding carboxylic acids is 2. The fourth-order valence-corrected chi connectivity index (χ4v) is 2.90. The van der Waals surface area contributed by atoms with Crippen LogP contribution < -0.4 is 5.32 Å². The summed E-state index contributed by atoms with van der Waals surface area (Å²) in [5.74, 6) is 0.00876. The van der Waals surface area contributed by atoms with Crippen LogP contribution in [0.25, 0.3) is 0 Å². The first-order chi connectivity index (χ1) is 12.1. The van der Waals surface area contributed by atoms with Gasteiger partial charge in [0.15, 0.2) is 0 Å². The molecule has 138 valence electrons. The minimum absolute atomic E-state index is 0.0421. The van der Waals surface area contributed by atoms with Crippen LogP contribution in [0.15, 0.2) is 24.3 Å². The molecule has 1 saturated heterocycles. The number of hydrogen-bond acceptors (Lipinski definition) is 4. The van der Waals surface area contributed by atoms with Crippen LogP contribution in [0.3, 0.4) is 0 Å². The molecule has 1 N–H and O–H groups in total. The molecular formula is C19H29N3O3. The van der Waals surface area contributed by atoms with E-state index in [0.717, 1.165) is 39.0 Å². The first-order valence-electron chi connectivity index (χ1n) is 9.13. The smallest absolute Gasteiger partial charge is 0.253 e. The van der Waals surface area contributed by atoms with Crippen molar-refractivity contribution in [3.63, 3.8) is 0 Å². The van der Waals surface area contributed by atoms with E-state index in [1.807, 2.05) is 4.90 Å². The number of amides is 2. The third kappa shape index (κ3) is 6.14. The Hall–Kier alpha value is -1.92. The van der Waals surface area contributed by atoms with Gasteiger partial charge in [-0.15, -0.1) is 0 Å². The van der Waals surface area contributed by atoms with Gasteiger partial charge < -0.3 is 15.0 Å². The lowest BCUT2D eigenvalue weighted by Gasteiger charge is -2.25. The first-order valence-corrected chi connectivity index (χ1v) is 9.13. The van der Waals surface area contributed by atoms with Crippen molar-refractivity contribution in [2.24, 2.45) is 0 Å². The number of nitrogens with zero attached hydrogens (tertiary/aromatic N) is 2.